The molecule has 0 aliphatic carbocycles. The lowest BCUT2D eigenvalue weighted by Gasteiger charge is -2.12. The van der Waals surface area contributed by atoms with Gasteiger partial charge in [0.2, 0.25) is 5.75 Å². The van der Waals surface area contributed by atoms with E-state index in [9.17, 15) is 10.1 Å². The number of nitrogen functional groups attached to an aromatic ring is 1. The van der Waals surface area contributed by atoms with Crippen LogP contribution in [0.15, 0.2) is 30.3 Å². The molecule has 0 saturated heterocycles. The standard InChI is InChI=1S/C17H18N4O4/c1-3-24-15-8-10(7-14(21(22)23)16(15)25-4-2)17-19-12-6-5-11(18)9-13(12)20-17/h5-9H,3-4,18H2,1-2H3,(H,19,20). The number of rotatable bonds is 6. The summed E-state index contributed by atoms with van der Waals surface area (Å²) in [6, 6.07) is 8.41. The molecule has 0 spiro atoms. The molecule has 0 radical (unpaired) electrons. The maximum Gasteiger partial charge on any atom is 0.315 e. The van der Waals surface area contributed by atoms with Crippen LogP contribution >= 0.6 is 0 Å². The smallest absolute Gasteiger partial charge is 0.315 e. The van der Waals surface area contributed by atoms with E-state index in [2.05, 4.69) is 9.97 Å². The van der Waals surface area contributed by atoms with E-state index in [0.29, 0.717) is 36.0 Å². The number of nitrogens with two attached hydrogens (primary N) is 1. The van der Waals surface area contributed by atoms with Crippen LogP contribution in [-0.2, 0) is 0 Å². The van der Waals surface area contributed by atoms with Crippen molar-refractivity contribution in [1.82, 2.24) is 9.97 Å². The maximum absolute atomic E-state index is 11.5. The van der Waals surface area contributed by atoms with E-state index in [-0.39, 0.29) is 11.4 Å². The first-order valence-corrected chi connectivity index (χ1v) is 7.87. The van der Waals surface area contributed by atoms with Gasteiger partial charge in [0, 0.05) is 17.3 Å². The van der Waals surface area contributed by atoms with Crippen molar-refractivity contribution < 1.29 is 14.4 Å². The van der Waals surface area contributed by atoms with Crippen molar-refractivity contribution in [1.29, 1.82) is 0 Å². The highest BCUT2D eigenvalue weighted by molar-refractivity contribution is 5.83. The second-order valence-corrected chi connectivity index (χ2v) is 5.31. The van der Waals surface area contributed by atoms with Gasteiger partial charge in [-0.05, 0) is 38.1 Å². The van der Waals surface area contributed by atoms with Gasteiger partial charge in [0.05, 0.1) is 29.2 Å². The van der Waals surface area contributed by atoms with Crippen molar-refractivity contribution in [2.45, 2.75) is 13.8 Å². The van der Waals surface area contributed by atoms with Crippen molar-refractivity contribution in [3.05, 3.63) is 40.4 Å². The topological polar surface area (TPSA) is 116 Å². The van der Waals surface area contributed by atoms with Crippen LogP contribution in [0.2, 0.25) is 0 Å². The van der Waals surface area contributed by atoms with Crippen LogP contribution in [0.3, 0.4) is 0 Å². The number of nitrogens with one attached hydrogen (secondary N) is 1. The summed E-state index contributed by atoms with van der Waals surface area (Å²) in [5, 5.41) is 11.5. The summed E-state index contributed by atoms with van der Waals surface area (Å²) >= 11 is 0. The lowest BCUT2D eigenvalue weighted by Crippen LogP contribution is -2.03. The first kappa shape index (κ1) is 16.6. The number of ether oxygens (including phenoxy) is 2. The summed E-state index contributed by atoms with van der Waals surface area (Å²) in [6.45, 7) is 4.22. The number of anilines is 1. The lowest BCUT2D eigenvalue weighted by molar-refractivity contribution is -0.385. The Morgan fingerprint density at radius 2 is 1.96 bits per heavy atom. The van der Waals surface area contributed by atoms with Crippen molar-refractivity contribution in [3.63, 3.8) is 0 Å². The highest BCUT2D eigenvalue weighted by Crippen LogP contribution is 2.41. The van der Waals surface area contributed by atoms with E-state index in [1.54, 1.807) is 38.1 Å². The minimum absolute atomic E-state index is 0.124. The zero-order valence-electron chi connectivity index (χ0n) is 13.9. The van der Waals surface area contributed by atoms with Gasteiger partial charge in [-0.25, -0.2) is 4.98 Å². The average molecular weight is 342 g/mol. The predicted octanol–water partition coefficient (Wildman–Crippen LogP) is 3.52. The third-order valence-electron chi connectivity index (χ3n) is 3.60. The van der Waals surface area contributed by atoms with E-state index in [1.807, 2.05) is 0 Å². The molecule has 25 heavy (non-hydrogen) atoms. The Bertz CT molecular complexity index is 936. The molecule has 3 rings (SSSR count). The number of benzene rings is 2. The van der Waals surface area contributed by atoms with Gasteiger partial charge in [-0.15, -0.1) is 0 Å². The van der Waals surface area contributed by atoms with Crippen molar-refractivity contribution in [2.24, 2.45) is 0 Å². The van der Waals surface area contributed by atoms with Crippen molar-refractivity contribution >= 4 is 22.4 Å². The summed E-state index contributed by atoms with van der Waals surface area (Å²) < 4.78 is 11.0. The van der Waals surface area contributed by atoms with Gasteiger partial charge in [-0.1, -0.05) is 0 Å². The van der Waals surface area contributed by atoms with Gasteiger partial charge >= 0.3 is 5.69 Å². The first-order chi connectivity index (χ1) is 12.0. The molecule has 0 aliphatic rings. The molecule has 1 aromatic heterocycles. The van der Waals surface area contributed by atoms with Gasteiger partial charge in [0.25, 0.3) is 0 Å². The Morgan fingerprint density at radius 3 is 2.64 bits per heavy atom. The number of nitro groups is 1. The number of hydrogen-bond acceptors (Lipinski definition) is 6. The average Bonchev–Trinajstić information content (AvgIpc) is 2.99. The minimum Gasteiger partial charge on any atom is -0.490 e. The third kappa shape index (κ3) is 3.18. The fourth-order valence-electron chi connectivity index (χ4n) is 2.58. The molecule has 0 aliphatic heterocycles. The monoisotopic (exact) mass is 342 g/mol. The molecule has 8 nitrogen and oxygen atoms in total. The highest BCUT2D eigenvalue weighted by atomic mass is 16.6. The predicted molar refractivity (Wildman–Crippen MR) is 94.9 cm³/mol. The first-order valence-electron chi connectivity index (χ1n) is 7.87. The Labute approximate surface area is 143 Å². The largest absolute Gasteiger partial charge is 0.490 e. The van der Waals surface area contributed by atoms with Crippen LogP contribution in [0.5, 0.6) is 11.5 Å². The number of fused-ring (bicyclic) bond motifs is 1. The molecule has 8 heteroatoms. The second-order valence-electron chi connectivity index (χ2n) is 5.31. The Hall–Kier alpha value is -3.29. The molecule has 3 N–H and O–H groups in total. The van der Waals surface area contributed by atoms with E-state index in [4.69, 9.17) is 15.2 Å². The molecule has 2 aromatic carbocycles. The molecule has 0 atom stereocenters. The van der Waals surface area contributed by atoms with Gasteiger partial charge < -0.3 is 20.2 Å². The molecule has 0 amide bonds. The van der Waals surface area contributed by atoms with Gasteiger partial charge in [0.1, 0.15) is 5.82 Å². The van der Waals surface area contributed by atoms with Gasteiger partial charge in [-0.3, -0.25) is 10.1 Å². The summed E-state index contributed by atoms with van der Waals surface area (Å²) in [7, 11) is 0. The number of nitro benzene ring substituents is 1. The fourth-order valence-corrected chi connectivity index (χ4v) is 2.58. The number of nitrogens with zero attached hydrogens (tertiary/aromatic N) is 2. The maximum atomic E-state index is 11.5. The Kier molecular flexibility index (Phi) is 4.42. The number of H-pyrrole nitrogens is 1. The fraction of sp³-hybridized carbons (Fsp3) is 0.235. The summed E-state index contributed by atoms with van der Waals surface area (Å²) in [5.41, 5.74) is 8.23. The summed E-state index contributed by atoms with van der Waals surface area (Å²) in [4.78, 5) is 18.6. The van der Waals surface area contributed by atoms with Gasteiger partial charge in [-0.2, -0.15) is 0 Å². The van der Waals surface area contributed by atoms with Crippen LogP contribution < -0.4 is 15.2 Å². The van der Waals surface area contributed by atoms with E-state index >= 15 is 0 Å². The Balaban J connectivity index is 2.18. The minimum atomic E-state index is -0.488. The van der Waals surface area contributed by atoms with Crippen LogP contribution in [0.1, 0.15) is 13.8 Å². The zero-order chi connectivity index (χ0) is 18.0. The molecule has 130 valence electrons. The zero-order valence-corrected chi connectivity index (χ0v) is 13.9. The van der Waals surface area contributed by atoms with Crippen LogP contribution in [0, 0.1) is 10.1 Å². The molecule has 0 bridgehead atoms. The number of aromatic amines is 1. The molecule has 0 saturated carbocycles. The highest BCUT2D eigenvalue weighted by Gasteiger charge is 2.24. The van der Waals surface area contributed by atoms with E-state index < -0.39 is 4.92 Å². The SMILES string of the molecule is CCOc1cc(-c2nc3ccc(N)cc3[nH]2)cc([N+](=O)[O-])c1OCC. The van der Waals surface area contributed by atoms with Crippen LogP contribution in [-0.4, -0.2) is 28.1 Å². The number of aromatic nitrogens is 2. The van der Waals surface area contributed by atoms with Crippen molar-refractivity contribution in [2.75, 3.05) is 18.9 Å². The van der Waals surface area contributed by atoms with Crippen LogP contribution in [0.4, 0.5) is 11.4 Å². The second kappa shape index (κ2) is 6.68. The molecule has 0 fully saturated rings. The molecular weight excluding hydrogens is 324 g/mol. The summed E-state index contributed by atoms with van der Waals surface area (Å²) in [5.74, 6) is 0.930. The molecule has 0 unspecified atom stereocenters. The summed E-state index contributed by atoms with van der Waals surface area (Å²) in [6.07, 6.45) is 0. The molecular formula is C17H18N4O4. The normalized spacial score (nSPS) is 10.8. The van der Waals surface area contributed by atoms with E-state index in [0.717, 1.165) is 11.0 Å². The van der Waals surface area contributed by atoms with Gasteiger partial charge in [0.15, 0.2) is 5.75 Å². The van der Waals surface area contributed by atoms with Crippen LogP contribution in [0.25, 0.3) is 22.4 Å². The van der Waals surface area contributed by atoms with E-state index in [1.165, 1.54) is 6.07 Å². The Morgan fingerprint density at radius 1 is 1.20 bits per heavy atom. The third-order valence-corrected chi connectivity index (χ3v) is 3.60. The van der Waals surface area contributed by atoms with Crippen molar-refractivity contribution in [3.8, 4) is 22.9 Å². The quantitative estimate of drug-likeness (QED) is 0.402. The number of imidazole rings is 1. The molecule has 1 heterocycles. The number of hydrogen-bond donors (Lipinski definition) is 2. The lowest BCUT2D eigenvalue weighted by atomic mass is 10.1. The molecule has 3 aromatic rings.